The molecule has 1 aliphatic rings. The van der Waals surface area contributed by atoms with Gasteiger partial charge in [-0.25, -0.2) is 0 Å². The zero-order valence-corrected chi connectivity index (χ0v) is 8.76. The van der Waals surface area contributed by atoms with Crippen LogP contribution >= 0.6 is 0 Å². The number of allylic oxidation sites excluding steroid dienone is 1. The molecule has 0 radical (unpaired) electrons. The molecule has 1 N–H and O–H groups in total. The minimum absolute atomic E-state index is 0.127. The minimum Gasteiger partial charge on any atom is -0.350 e. The lowest BCUT2D eigenvalue weighted by Crippen LogP contribution is -2.43. The van der Waals surface area contributed by atoms with Gasteiger partial charge < -0.3 is 5.32 Å². The van der Waals surface area contributed by atoms with Gasteiger partial charge in [0.25, 0.3) is 0 Å². The highest BCUT2D eigenvalue weighted by Crippen LogP contribution is 2.26. The fourth-order valence-electron chi connectivity index (χ4n) is 1.79. The third-order valence-electron chi connectivity index (χ3n) is 2.73. The van der Waals surface area contributed by atoms with E-state index in [1.54, 1.807) is 0 Å². The Kier molecular flexibility index (Phi) is 3.52. The van der Waals surface area contributed by atoms with Gasteiger partial charge in [-0.15, -0.1) is 0 Å². The molecule has 0 aromatic rings. The van der Waals surface area contributed by atoms with Crippen LogP contribution in [-0.4, -0.2) is 11.9 Å². The molecule has 1 amide bonds. The molecule has 2 nitrogen and oxygen atoms in total. The number of carbonyl (C=O) groups excluding carboxylic acids is 1. The Morgan fingerprint density at radius 3 is 2.54 bits per heavy atom. The smallest absolute Gasteiger partial charge is 0.247 e. The van der Waals surface area contributed by atoms with Crippen molar-refractivity contribution in [1.82, 2.24) is 5.32 Å². The summed E-state index contributed by atoms with van der Waals surface area (Å²) in [5.41, 5.74) is 0.902. The van der Waals surface area contributed by atoms with E-state index in [4.69, 9.17) is 0 Å². The van der Waals surface area contributed by atoms with E-state index in [0.717, 1.165) is 30.8 Å². The van der Waals surface area contributed by atoms with Crippen LogP contribution in [0, 0.1) is 5.92 Å². The van der Waals surface area contributed by atoms with Crippen molar-refractivity contribution >= 4 is 5.91 Å². The van der Waals surface area contributed by atoms with E-state index in [-0.39, 0.29) is 5.91 Å². The summed E-state index contributed by atoms with van der Waals surface area (Å²) < 4.78 is 0. The number of carbonyl (C=O) groups is 1. The van der Waals surface area contributed by atoms with Gasteiger partial charge in [0.2, 0.25) is 5.91 Å². The second kappa shape index (κ2) is 4.45. The van der Waals surface area contributed by atoms with E-state index in [1.807, 2.05) is 19.9 Å². The Morgan fingerprint density at radius 2 is 2.15 bits per heavy atom. The molecule has 0 aromatic carbocycles. The lowest BCUT2D eigenvalue weighted by molar-refractivity contribution is -0.119. The Bertz CT molecular complexity index is 214. The maximum absolute atomic E-state index is 11.5. The van der Waals surface area contributed by atoms with Crippen molar-refractivity contribution in [2.45, 2.75) is 46.1 Å². The molecule has 0 bridgehead atoms. The fraction of sp³-hybridized carbons (Fsp3) is 0.727. The molecule has 0 unspecified atom stereocenters. The first-order chi connectivity index (χ1) is 6.17. The molecule has 2 heteroatoms. The van der Waals surface area contributed by atoms with Crippen LogP contribution in [0.2, 0.25) is 0 Å². The van der Waals surface area contributed by atoms with Gasteiger partial charge >= 0.3 is 0 Å². The predicted molar refractivity (Wildman–Crippen MR) is 54.4 cm³/mol. The third kappa shape index (κ3) is 2.58. The Hall–Kier alpha value is -0.790. The number of hydrogen-bond donors (Lipinski definition) is 1. The first-order valence-corrected chi connectivity index (χ1v) is 5.13. The average Bonchev–Trinajstić information content (AvgIpc) is 2.04. The molecular formula is C11H19NO. The minimum atomic E-state index is 0.127. The van der Waals surface area contributed by atoms with Gasteiger partial charge in [0.05, 0.1) is 0 Å². The zero-order chi connectivity index (χ0) is 9.84. The molecule has 0 heterocycles. The van der Waals surface area contributed by atoms with Gasteiger partial charge in [0, 0.05) is 11.6 Å². The second-order valence-corrected chi connectivity index (χ2v) is 3.91. The number of amides is 1. The zero-order valence-electron chi connectivity index (χ0n) is 8.76. The van der Waals surface area contributed by atoms with Gasteiger partial charge in [0.1, 0.15) is 0 Å². The van der Waals surface area contributed by atoms with Crippen molar-refractivity contribution in [1.29, 1.82) is 0 Å². The summed E-state index contributed by atoms with van der Waals surface area (Å²) in [6.45, 7) is 6.15. The highest BCUT2D eigenvalue weighted by atomic mass is 16.1. The van der Waals surface area contributed by atoms with Crippen molar-refractivity contribution in [2.24, 2.45) is 5.92 Å². The van der Waals surface area contributed by atoms with E-state index in [0.29, 0.717) is 6.04 Å². The Morgan fingerprint density at radius 1 is 1.54 bits per heavy atom. The summed E-state index contributed by atoms with van der Waals surface area (Å²) in [5, 5.41) is 3.04. The molecule has 74 valence electrons. The Balaban J connectivity index is 2.33. The molecule has 1 fully saturated rings. The van der Waals surface area contributed by atoms with Crippen molar-refractivity contribution in [3.05, 3.63) is 11.6 Å². The standard InChI is InChI=1S/C11H19NO/c1-4-9(5-2)11(13)12-10-6-8(3)7-10/h4,8,10H,5-7H2,1-3H3,(H,12,13)/b9-4-. The van der Waals surface area contributed by atoms with Crippen LogP contribution in [0.4, 0.5) is 0 Å². The van der Waals surface area contributed by atoms with Crippen molar-refractivity contribution < 1.29 is 4.79 Å². The van der Waals surface area contributed by atoms with Gasteiger partial charge in [-0.3, -0.25) is 4.79 Å². The summed E-state index contributed by atoms with van der Waals surface area (Å²) in [6.07, 6.45) is 5.01. The number of nitrogens with one attached hydrogen (secondary N) is 1. The summed E-state index contributed by atoms with van der Waals surface area (Å²) >= 11 is 0. The summed E-state index contributed by atoms with van der Waals surface area (Å²) in [4.78, 5) is 11.5. The van der Waals surface area contributed by atoms with Gasteiger partial charge in [-0.2, -0.15) is 0 Å². The average molecular weight is 181 g/mol. The molecule has 0 aromatic heterocycles. The fourth-order valence-corrected chi connectivity index (χ4v) is 1.79. The Labute approximate surface area is 80.4 Å². The maximum Gasteiger partial charge on any atom is 0.247 e. The molecule has 0 aliphatic heterocycles. The van der Waals surface area contributed by atoms with Crippen LogP contribution in [0.5, 0.6) is 0 Å². The van der Waals surface area contributed by atoms with Crippen LogP contribution < -0.4 is 5.32 Å². The number of rotatable bonds is 3. The molecule has 1 aliphatic carbocycles. The van der Waals surface area contributed by atoms with Crippen LogP contribution in [0.15, 0.2) is 11.6 Å². The molecule has 0 saturated heterocycles. The monoisotopic (exact) mass is 181 g/mol. The molecular weight excluding hydrogens is 162 g/mol. The highest BCUT2D eigenvalue weighted by molar-refractivity contribution is 5.93. The van der Waals surface area contributed by atoms with E-state index < -0.39 is 0 Å². The van der Waals surface area contributed by atoms with E-state index >= 15 is 0 Å². The van der Waals surface area contributed by atoms with E-state index in [9.17, 15) is 4.79 Å². The quantitative estimate of drug-likeness (QED) is 0.665. The predicted octanol–water partition coefficient (Wildman–Crippen LogP) is 2.26. The van der Waals surface area contributed by atoms with Crippen LogP contribution in [-0.2, 0) is 4.79 Å². The summed E-state index contributed by atoms with van der Waals surface area (Å²) in [7, 11) is 0. The summed E-state index contributed by atoms with van der Waals surface area (Å²) in [5.74, 6) is 0.919. The number of hydrogen-bond acceptors (Lipinski definition) is 1. The van der Waals surface area contributed by atoms with Crippen LogP contribution in [0.1, 0.15) is 40.0 Å². The lowest BCUT2D eigenvalue weighted by Gasteiger charge is -2.33. The van der Waals surface area contributed by atoms with E-state index in [1.165, 1.54) is 0 Å². The molecule has 0 spiro atoms. The molecule has 1 rings (SSSR count). The summed E-state index contributed by atoms with van der Waals surface area (Å²) in [6, 6.07) is 0.434. The first-order valence-electron chi connectivity index (χ1n) is 5.13. The molecule has 1 saturated carbocycles. The molecule has 13 heavy (non-hydrogen) atoms. The largest absolute Gasteiger partial charge is 0.350 e. The van der Waals surface area contributed by atoms with Gasteiger partial charge in [-0.05, 0) is 32.1 Å². The lowest BCUT2D eigenvalue weighted by atomic mass is 9.82. The van der Waals surface area contributed by atoms with Crippen LogP contribution in [0.3, 0.4) is 0 Å². The highest BCUT2D eigenvalue weighted by Gasteiger charge is 2.26. The third-order valence-corrected chi connectivity index (χ3v) is 2.73. The van der Waals surface area contributed by atoms with Crippen molar-refractivity contribution in [3.8, 4) is 0 Å². The van der Waals surface area contributed by atoms with Crippen LogP contribution in [0.25, 0.3) is 0 Å². The van der Waals surface area contributed by atoms with Crippen molar-refractivity contribution in [2.75, 3.05) is 0 Å². The topological polar surface area (TPSA) is 29.1 Å². The van der Waals surface area contributed by atoms with E-state index in [2.05, 4.69) is 12.2 Å². The second-order valence-electron chi connectivity index (χ2n) is 3.91. The normalized spacial score (nSPS) is 28.1. The van der Waals surface area contributed by atoms with Gasteiger partial charge in [-0.1, -0.05) is 19.9 Å². The first kappa shape index (κ1) is 10.3. The maximum atomic E-state index is 11.5. The van der Waals surface area contributed by atoms with Gasteiger partial charge in [0.15, 0.2) is 0 Å². The molecule has 0 atom stereocenters. The van der Waals surface area contributed by atoms with Crippen molar-refractivity contribution in [3.63, 3.8) is 0 Å². The SMILES string of the molecule is C/C=C(/CC)C(=O)NC1CC(C)C1.